The summed E-state index contributed by atoms with van der Waals surface area (Å²) in [4.78, 5) is 11.7. The van der Waals surface area contributed by atoms with E-state index in [1.54, 1.807) is 0 Å². The number of nitrogens with zero attached hydrogens (tertiary/aromatic N) is 2. The maximum atomic E-state index is 11.7. The first-order valence-corrected chi connectivity index (χ1v) is 4.51. The second-order valence-electron chi connectivity index (χ2n) is 3.22. The molecule has 1 aromatic rings. The Hall–Kier alpha value is -1.23. The highest BCUT2D eigenvalue weighted by atomic mass is 16.1. The lowest BCUT2D eigenvalue weighted by atomic mass is 10.00. The van der Waals surface area contributed by atoms with Crippen molar-refractivity contribution < 1.29 is 4.79 Å². The molecule has 0 aliphatic carbocycles. The lowest BCUT2D eigenvalue weighted by Gasteiger charge is -2.20. The van der Waals surface area contributed by atoms with Gasteiger partial charge in [-0.1, -0.05) is 6.42 Å². The van der Waals surface area contributed by atoms with E-state index < -0.39 is 0 Å². The van der Waals surface area contributed by atoms with Crippen molar-refractivity contribution in [3.8, 4) is 0 Å². The average molecular weight is 180 g/mol. The number of Topliss-reactive ketones (excluding diaryl/α,β-unsaturated/α-hetero) is 1. The van der Waals surface area contributed by atoms with Crippen LogP contribution in [0.25, 0.3) is 0 Å². The normalized spacial score (nSPS) is 22.9. The zero-order chi connectivity index (χ0) is 9.10. The van der Waals surface area contributed by atoms with Crippen molar-refractivity contribution in [1.29, 1.82) is 0 Å². The second kappa shape index (κ2) is 3.66. The van der Waals surface area contributed by atoms with Gasteiger partial charge in [0.05, 0.1) is 12.2 Å². The van der Waals surface area contributed by atoms with Crippen molar-refractivity contribution in [2.45, 2.75) is 25.3 Å². The standard InChI is InChI=1S/C8H12N4O/c13-8(7-5-10-12-11-7)6-3-1-2-4-9-6/h5-6,9H,1-4H2,(H,10,11,12). The molecule has 1 atom stereocenters. The summed E-state index contributed by atoms with van der Waals surface area (Å²) in [5.41, 5.74) is 0.430. The molecule has 0 spiro atoms. The van der Waals surface area contributed by atoms with Crippen LogP contribution < -0.4 is 5.32 Å². The van der Waals surface area contributed by atoms with E-state index in [0.29, 0.717) is 5.69 Å². The molecule has 2 heterocycles. The van der Waals surface area contributed by atoms with E-state index in [2.05, 4.69) is 20.7 Å². The maximum absolute atomic E-state index is 11.7. The Morgan fingerprint density at radius 1 is 1.54 bits per heavy atom. The van der Waals surface area contributed by atoms with Crippen molar-refractivity contribution in [1.82, 2.24) is 20.7 Å². The molecule has 0 saturated carbocycles. The third-order valence-corrected chi connectivity index (χ3v) is 2.29. The summed E-state index contributed by atoms with van der Waals surface area (Å²) in [5.74, 6) is 0.0495. The van der Waals surface area contributed by atoms with Gasteiger partial charge in [-0.25, -0.2) is 0 Å². The number of hydrogen-bond acceptors (Lipinski definition) is 4. The molecule has 0 aromatic carbocycles. The topological polar surface area (TPSA) is 70.7 Å². The van der Waals surface area contributed by atoms with Crippen LogP contribution >= 0.6 is 0 Å². The molecule has 1 aliphatic heterocycles. The molecule has 70 valence electrons. The summed E-state index contributed by atoms with van der Waals surface area (Å²) >= 11 is 0. The van der Waals surface area contributed by atoms with Gasteiger partial charge in [0.15, 0.2) is 0 Å². The lowest BCUT2D eigenvalue weighted by Crippen LogP contribution is -2.40. The van der Waals surface area contributed by atoms with E-state index in [1.807, 2.05) is 0 Å². The van der Waals surface area contributed by atoms with Gasteiger partial charge in [0.25, 0.3) is 0 Å². The van der Waals surface area contributed by atoms with Crippen molar-refractivity contribution in [3.63, 3.8) is 0 Å². The summed E-state index contributed by atoms with van der Waals surface area (Å²) in [6.07, 6.45) is 4.65. The Kier molecular flexibility index (Phi) is 2.35. The summed E-state index contributed by atoms with van der Waals surface area (Å²) < 4.78 is 0. The Bertz CT molecular complexity index is 276. The second-order valence-corrected chi connectivity index (χ2v) is 3.22. The van der Waals surface area contributed by atoms with Gasteiger partial charge in [-0.15, -0.1) is 0 Å². The van der Waals surface area contributed by atoms with Crippen LogP contribution in [-0.2, 0) is 0 Å². The first kappa shape index (κ1) is 8.37. The number of nitrogens with one attached hydrogen (secondary N) is 2. The number of carbonyl (C=O) groups excluding carboxylic acids is 1. The molecule has 5 heteroatoms. The minimum absolute atomic E-state index is 0.0495. The number of hydrogen-bond donors (Lipinski definition) is 2. The van der Waals surface area contributed by atoms with Crippen LogP contribution in [0.4, 0.5) is 0 Å². The molecular weight excluding hydrogens is 168 g/mol. The zero-order valence-corrected chi connectivity index (χ0v) is 7.29. The molecule has 0 amide bonds. The van der Waals surface area contributed by atoms with E-state index >= 15 is 0 Å². The maximum Gasteiger partial charge on any atom is 0.201 e. The molecule has 1 unspecified atom stereocenters. The molecule has 2 rings (SSSR count). The van der Waals surface area contributed by atoms with Gasteiger partial charge >= 0.3 is 0 Å². The van der Waals surface area contributed by atoms with Crippen LogP contribution in [0, 0.1) is 0 Å². The number of ketones is 1. The molecule has 1 fully saturated rings. The monoisotopic (exact) mass is 180 g/mol. The van der Waals surface area contributed by atoms with Crippen molar-refractivity contribution in [3.05, 3.63) is 11.9 Å². The van der Waals surface area contributed by atoms with Crippen molar-refractivity contribution >= 4 is 5.78 Å². The predicted octanol–water partition coefficient (Wildman–Crippen LogP) is 0.129. The van der Waals surface area contributed by atoms with E-state index in [0.717, 1.165) is 25.8 Å². The number of H-pyrrole nitrogens is 1. The summed E-state index contributed by atoms with van der Waals surface area (Å²) in [7, 11) is 0. The Morgan fingerprint density at radius 2 is 2.46 bits per heavy atom. The first-order valence-electron chi connectivity index (χ1n) is 4.51. The SMILES string of the molecule is O=C(c1cn[nH]n1)C1CCCCN1. The van der Waals surface area contributed by atoms with Crippen LogP contribution in [0.2, 0.25) is 0 Å². The molecular formula is C8H12N4O. The van der Waals surface area contributed by atoms with E-state index in [-0.39, 0.29) is 11.8 Å². The van der Waals surface area contributed by atoms with Crippen LogP contribution in [0.5, 0.6) is 0 Å². The summed E-state index contributed by atoms with van der Waals surface area (Å²) in [5, 5.41) is 13.0. The van der Waals surface area contributed by atoms with Gasteiger partial charge < -0.3 is 5.32 Å². The number of rotatable bonds is 2. The van der Waals surface area contributed by atoms with Crippen molar-refractivity contribution in [2.24, 2.45) is 0 Å². The molecule has 1 aromatic heterocycles. The molecule has 13 heavy (non-hydrogen) atoms. The third-order valence-electron chi connectivity index (χ3n) is 2.29. The Balaban J connectivity index is 2.04. The summed E-state index contributed by atoms with van der Waals surface area (Å²) in [6.45, 7) is 0.925. The first-order chi connectivity index (χ1) is 6.38. The number of aromatic nitrogens is 3. The minimum Gasteiger partial charge on any atom is -0.307 e. The highest BCUT2D eigenvalue weighted by Gasteiger charge is 2.23. The fourth-order valence-electron chi connectivity index (χ4n) is 1.57. The summed E-state index contributed by atoms with van der Waals surface area (Å²) in [6, 6.07) is -0.0566. The van der Waals surface area contributed by atoms with E-state index in [1.165, 1.54) is 6.20 Å². The number of piperidine rings is 1. The highest BCUT2D eigenvalue weighted by molar-refractivity contribution is 5.98. The third kappa shape index (κ3) is 1.75. The number of carbonyl (C=O) groups is 1. The molecule has 2 N–H and O–H groups in total. The van der Waals surface area contributed by atoms with Gasteiger partial charge in [0.1, 0.15) is 5.69 Å². The molecule has 5 nitrogen and oxygen atoms in total. The Labute approximate surface area is 75.9 Å². The Morgan fingerprint density at radius 3 is 3.08 bits per heavy atom. The largest absolute Gasteiger partial charge is 0.307 e. The minimum atomic E-state index is -0.0566. The molecule has 0 radical (unpaired) electrons. The van der Waals surface area contributed by atoms with Gasteiger partial charge in [0.2, 0.25) is 5.78 Å². The van der Waals surface area contributed by atoms with Crippen LogP contribution in [0.1, 0.15) is 29.8 Å². The quantitative estimate of drug-likeness (QED) is 0.634. The lowest BCUT2D eigenvalue weighted by molar-refractivity contribution is 0.0922. The van der Waals surface area contributed by atoms with E-state index in [9.17, 15) is 4.79 Å². The van der Waals surface area contributed by atoms with Crippen LogP contribution in [0.15, 0.2) is 6.20 Å². The molecule has 1 aliphatic rings. The van der Waals surface area contributed by atoms with Gasteiger partial charge in [-0.2, -0.15) is 15.4 Å². The highest BCUT2D eigenvalue weighted by Crippen LogP contribution is 2.10. The average Bonchev–Trinajstić information content (AvgIpc) is 2.71. The molecule has 0 bridgehead atoms. The zero-order valence-electron chi connectivity index (χ0n) is 7.29. The molecule has 1 saturated heterocycles. The van der Waals surface area contributed by atoms with Crippen molar-refractivity contribution in [2.75, 3.05) is 6.54 Å². The van der Waals surface area contributed by atoms with Crippen LogP contribution in [-0.4, -0.2) is 33.8 Å². The smallest absolute Gasteiger partial charge is 0.201 e. The number of aromatic amines is 1. The predicted molar refractivity (Wildman–Crippen MR) is 46.4 cm³/mol. The van der Waals surface area contributed by atoms with E-state index in [4.69, 9.17) is 0 Å². The fourth-order valence-corrected chi connectivity index (χ4v) is 1.57. The fraction of sp³-hybridized carbons (Fsp3) is 0.625. The van der Waals surface area contributed by atoms with Gasteiger partial charge in [-0.3, -0.25) is 4.79 Å². The van der Waals surface area contributed by atoms with Crippen LogP contribution in [0.3, 0.4) is 0 Å². The van der Waals surface area contributed by atoms with Gasteiger partial charge in [0, 0.05) is 0 Å². The van der Waals surface area contributed by atoms with Gasteiger partial charge in [-0.05, 0) is 19.4 Å².